The van der Waals surface area contributed by atoms with Crippen LogP contribution in [0, 0.1) is 11.6 Å². The van der Waals surface area contributed by atoms with Gasteiger partial charge in [-0.2, -0.15) is 12.7 Å². The molecule has 0 bridgehead atoms. The molecule has 3 atom stereocenters. The van der Waals surface area contributed by atoms with E-state index >= 15 is 8.78 Å². The molecule has 0 aliphatic carbocycles. The van der Waals surface area contributed by atoms with Crippen molar-refractivity contribution in [1.82, 2.24) is 29.4 Å². The number of imide groups is 1. The largest absolute Gasteiger partial charge is 0.370 e. The molecule has 5 aliphatic heterocycles. The fourth-order valence-electron chi connectivity index (χ4n) is 9.67. The van der Waals surface area contributed by atoms with Crippen molar-refractivity contribution in [3.05, 3.63) is 107 Å². The Morgan fingerprint density at radius 3 is 2.36 bits per heavy atom. The predicted molar refractivity (Wildman–Crippen MR) is 232 cm³/mol. The summed E-state index contributed by atoms with van der Waals surface area (Å²) in [4.78, 5) is 67.2. The molecule has 0 saturated carbocycles. The molecule has 0 radical (unpaired) electrons. The number of H-pyrrole nitrogens is 1. The molecule has 1 unspecified atom stereocenters. The number of aromatic nitrogens is 2. The lowest BCUT2D eigenvalue weighted by Crippen LogP contribution is -2.52. The molecule has 4 fully saturated rings. The summed E-state index contributed by atoms with van der Waals surface area (Å²) in [5.74, 6) is -4.47. The average Bonchev–Trinajstić information content (AvgIpc) is 4.11. The third-order valence-corrected chi connectivity index (χ3v) is 14.7. The van der Waals surface area contributed by atoms with Gasteiger partial charge in [0.2, 0.25) is 17.6 Å². The van der Waals surface area contributed by atoms with Gasteiger partial charge in [0.05, 0.1) is 11.3 Å². The number of benzene rings is 3. The zero-order chi connectivity index (χ0) is 44.4. The first-order chi connectivity index (χ1) is 30.8. The number of piperidine rings is 1. The molecular weight excluding hydrogens is 852 g/mol. The van der Waals surface area contributed by atoms with Crippen LogP contribution in [0.2, 0.25) is 0 Å². The van der Waals surface area contributed by atoms with Crippen LogP contribution in [0.15, 0.2) is 73.1 Å². The summed E-state index contributed by atoms with van der Waals surface area (Å²) in [5.41, 5.74) is 3.79. The number of carbonyl (C=O) groups excluding carboxylic acids is 4. The first kappa shape index (κ1) is 41.7. The maximum atomic E-state index is 15.8. The van der Waals surface area contributed by atoms with Gasteiger partial charge in [-0.15, -0.1) is 0 Å². The molecule has 5 aliphatic rings. The van der Waals surface area contributed by atoms with Gasteiger partial charge < -0.3 is 19.7 Å². The molecule has 15 nitrogen and oxygen atoms in total. The maximum absolute atomic E-state index is 15.8. The maximum Gasteiger partial charge on any atom is 0.301 e. The van der Waals surface area contributed by atoms with Gasteiger partial charge in [0, 0.05) is 117 Å². The molecular formula is C45H44F3N9O6S. The number of ketones is 1. The number of hydrogen-bond acceptors (Lipinski definition) is 10. The Kier molecular flexibility index (Phi) is 10.7. The van der Waals surface area contributed by atoms with Crippen molar-refractivity contribution in [2.75, 3.05) is 66.9 Å². The number of nitrogens with one attached hydrogen (secondary N) is 3. The van der Waals surface area contributed by atoms with Gasteiger partial charge in [-0.1, -0.05) is 12.1 Å². The van der Waals surface area contributed by atoms with Crippen molar-refractivity contribution < 1.29 is 40.8 Å². The lowest BCUT2D eigenvalue weighted by atomic mass is 9.99. The first-order valence-corrected chi connectivity index (χ1v) is 22.8. The highest BCUT2D eigenvalue weighted by atomic mass is 32.2. The second-order valence-corrected chi connectivity index (χ2v) is 18.7. The summed E-state index contributed by atoms with van der Waals surface area (Å²) in [6, 6.07) is 17.0. The molecule has 3 aromatic carbocycles. The minimum Gasteiger partial charge on any atom is -0.370 e. The SMILES string of the molecule is O=C1CCC(N2Cc3cc(N4CC[C@H](N5CCN(c6ccc(-c7cnc8[nH]cc(C(=O)c9c(F)ccc(NS(=O)(=O)N%10CC[C@@H](F)C%10)c9F)c8c7)cc6)CC5)C4)ccc3C2=O)C(=O)N1. The fourth-order valence-corrected chi connectivity index (χ4v) is 10.9. The van der Waals surface area contributed by atoms with E-state index in [0.29, 0.717) is 41.2 Å². The van der Waals surface area contributed by atoms with E-state index < -0.39 is 57.0 Å². The summed E-state index contributed by atoms with van der Waals surface area (Å²) in [6.07, 6.45) is 3.16. The molecule has 19 heteroatoms. The quantitative estimate of drug-likeness (QED) is 0.133. The topological polar surface area (TPSA) is 171 Å². The number of halogens is 3. The number of carbonyl (C=O) groups is 4. The van der Waals surface area contributed by atoms with Gasteiger partial charge >= 0.3 is 10.2 Å². The van der Waals surface area contributed by atoms with E-state index in [1.54, 1.807) is 17.2 Å². The molecule has 3 amide bonds. The van der Waals surface area contributed by atoms with Crippen LogP contribution < -0.4 is 19.8 Å². The van der Waals surface area contributed by atoms with Crippen LogP contribution in [-0.4, -0.2) is 127 Å². The molecule has 0 spiro atoms. The number of fused-ring (bicyclic) bond motifs is 2. The van der Waals surface area contributed by atoms with E-state index in [0.717, 1.165) is 84.6 Å². The number of nitrogens with zero attached hydrogens (tertiary/aromatic N) is 6. The van der Waals surface area contributed by atoms with Crippen LogP contribution >= 0.6 is 0 Å². The van der Waals surface area contributed by atoms with Crippen LogP contribution in [0.1, 0.15) is 57.5 Å². The zero-order valence-corrected chi connectivity index (χ0v) is 35.3. The van der Waals surface area contributed by atoms with Gasteiger partial charge in [0.25, 0.3) is 5.91 Å². The molecule has 3 N–H and O–H groups in total. The number of pyridine rings is 1. The second kappa shape index (κ2) is 16.4. The Morgan fingerprint density at radius 1 is 0.828 bits per heavy atom. The number of piperazine rings is 1. The number of amides is 3. The van der Waals surface area contributed by atoms with Crippen LogP contribution in [-0.2, 0) is 26.3 Å². The number of aromatic amines is 1. The Labute approximate surface area is 366 Å². The number of anilines is 3. The van der Waals surface area contributed by atoms with Gasteiger partial charge in [-0.3, -0.25) is 34.1 Å². The van der Waals surface area contributed by atoms with E-state index in [9.17, 15) is 32.0 Å². The van der Waals surface area contributed by atoms with Crippen molar-refractivity contribution in [3.63, 3.8) is 0 Å². The van der Waals surface area contributed by atoms with Crippen LogP contribution in [0.25, 0.3) is 22.2 Å². The van der Waals surface area contributed by atoms with Gasteiger partial charge in [-0.25, -0.2) is 18.2 Å². The molecule has 5 aromatic rings. The molecule has 332 valence electrons. The molecule has 4 saturated heterocycles. The summed E-state index contributed by atoms with van der Waals surface area (Å²) in [6.45, 7) is 5.06. The third kappa shape index (κ3) is 7.64. The Bertz CT molecular complexity index is 2830. The standard InChI is InChI=1S/C45H44F3N9O6S/c46-29-11-14-56(24-29)64(62,63)52-37-8-7-36(47)40(41(37)48)42(59)35-22-50-43-34(35)20-27(21-49-43)26-1-3-30(4-2-26)53-15-17-54(18-16-53)32-12-13-55(25-32)31-5-6-33-28(19-31)23-57(45(33)61)38-9-10-39(58)51-44(38)60/h1-8,19-22,29,32,38,52H,9-18,23-25H2,(H,49,50)(H,51,58,60)/t29-,32+,38?/m1/s1. The fraction of sp³-hybridized carbons (Fsp3) is 0.356. The highest BCUT2D eigenvalue weighted by Gasteiger charge is 2.40. The van der Waals surface area contributed by atoms with E-state index in [2.05, 4.69) is 36.1 Å². The van der Waals surface area contributed by atoms with E-state index in [4.69, 9.17) is 0 Å². The van der Waals surface area contributed by atoms with E-state index in [1.165, 1.54) is 6.20 Å². The summed E-state index contributed by atoms with van der Waals surface area (Å²) in [5, 5.41) is 2.68. The smallest absolute Gasteiger partial charge is 0.301 e. The van der Waals surface area contributed by atoms with Crippen LogP contribution in [0.5, 0.6) is 0 Å². The van der Waals surface area contributed by atoms with Gasteiger partial charge in [0.1, 0.15) is 23.7 Å². The Balaban J connectivity index is 0.768. The average molecular weight is 896 g/mol. The highest BCUT2D eigenvalue weighted by Crippen LogP contribution is 2.34. The number of alkyl halides is 1. The van der Waals surface area contributed by atoms with Crippen molar-refractivity contribution in [3.8, 4) is 11.1 Å². The first-order valence-electron chi connectivity index (χ1n) is 21.3. The molecule has 2 aromatic heterocycles. The van der Waals surface area contributed by atoms with Crippen molar-refractivity contribution in [1.29, 1.82) is 0 Å². The van der Waals surface area contributed by atoms with Crippen LogP contribution in [0.3, 0.4) is 0 Å². The zero-order valence-electron chi connectivity index (χ0n) is 34.5. The van der Waals surface area contributed by atoms with E-state index in [-0.39, 0.29) is 43.3 Å². The van der Waals surface area contributed by atoms with Crippen molar-refractivity contribution >= 4 is 61.8 Å². The highest BCUT2D eigenvalue weighted by molar-refractivity contribution is 7.90. The molecule has 64 heavy (non-hydrogen) atoms. The molecule has 7 heterocycles. The minimum absolute atomic E-state index is 0.000852. The van der Waals surface area contributed by atoms with Gasteiger partial charge in [-0.05, 0) is 78.9 Å². The number of rotatable bonds is 10. The van der Waals surface area contributed by atoms with Crippen molar-refractivity contribution in [2.45, 2.75) is 50.5 Å². The monoisotopic (exact) mass is 895 g/mol. The summed E-state index contributed by atoms with van der Waals surface area (Å²) < 4.78 is 73.1. The predicted octanol–water partition coefficient (Wildman–Crippen LogP) is 4.60. The Hall–Kier alpha value is -6.31. The lowest BCUT2D eigenvalue weighted by molar-refractivity contribution is -0.136. The minimum atomic E-state index is -4.36. The summed E-state index contributed by atoms with van der Waals surface area (Å²) in [7, 11) is -4.36. The number of hydrogen-bond donors (Lipinski definition) is 3. The second-order valence-electron chi connectivity index (χ2n) is 17.0. The van der Waals surface area contributed by atoms with Crippen molar-refractivity contribution in [2.24, 2.45) is 0 Å². The summed E-state index contributed by atoms with van der Waals surface area (Å²) >= 11 is 0. The normalized spacial score (nSPS) is 22.1. The van der Waals surface area contributed by atoms with Crippen LogP contribution in [0.4, 0.5) is 30.2 Å². The Morgan fingerprint density at radius 2 is 1.61 bits per heavy atom. The lowest BCUT2D eigenvalue weighted by Gasteiger charge is -2.39. The molecule has 10 rings (SSSR count). The van der Waals surface area contributed by atoms with E-state index in [1.807, 2.05) is 41.1 Å². The third-order valence-electron chi connectivity index (χ3n) is 13.2. The van der Waals surface area contributed by atoms with Gasteiger partial charge in [0.15, 0.2) is 5.82 Å².